The minimum atomic E-state index is -0.927. The molecule has 0 fully saturated rings. The molecule has 128 valence electrons. The van der Waals surface area contributed by atoms with E-state index in [4.69, 9.17) is 0 Å². The third kappa shape index (κ3) is 3.75. The third-order valence-electron chi connectivity index (χ3n) is 3.98. The van der Waals surface area contributed by atoms with E-state index < -0.39 is 6.10 Å². The molecule has 2 aromatic heterocycles. The Bertz CT molecular complexity index is 818. The minimum Gasteiger partial charge on any atom is -0.380 e. The average molecular weight is 336 g/mol. The van der Waals surface area contributed by atoms with Gasteiger partial charge in [0, 0.05) is 42.6 Å². The van der Waals surface area contributed by atoms with Gasteiger partial charge in [-0.05, 0) is 25.1 Å². The Morgan fingerprint density at radius 1 is 1.20 bits per heavy atom. The van der Waals surface area contributed by atoms with Crippen molar-refractivity contribution in [3.8, 4) is 0 Å². The standard InChI is InChI=1S/C19H20N4O2/c1-2-23(16-8-4-3-5-9-16)17(24)14-22-12-11-21-19(22)18(25)15-7-6-10-20-13-15/h3-13,18,25H,2,14H2,1H3/t18-/m0/s1. The van der Waals surface area contributed by atoms with Crippen molar-refractivity contribution in [1.82, 2.24) is 14.5 Å². The summed E-state index contributed by atoms with van der Waals surface area (Å²) in [5.74, 6) is 0.358. The number of likely N-dealkylation sites (N-methyl/N-ethyl adjacent to an activating group) is 1. The lowest BCUT2D eigenvalue weighted by molar-refractivity contribution is -0.119. The number of carbonyl (C=O) groups is 1. The fraction of sp³-hybridized carbons (Fsp3) is 0.211. The smallest absolute Gasteiger partial charge is 0.246 e. The summed E-state index contributed by atoms with van der Waals surface area (Å²) in [5, 5.41) is 10.5. The maximum atomic E-state index is 12.7. The van der Waals surface area contributed by atoms with E-state index in [-0.39, 0.29) is 12.5 Å². The molecule has 0 aliphatic carbocycles. The number of benzene rings is 1. The summed E-state index contributed by atoms with van der Waals surface area (Å²) in [6, 6.07) is 13.1. The van der Waals surface area contributed by atoms with Gasteiger partial charge in [-0.25, -0.2) is 4.98 Å². The van der Waals surface area contributed by atoms with Crippen molar-refractivity contribution in [2.75, 3.05) is 11.4 Å². The number of amides is 1. The molecule has 0 unspecified atom stereocenters. The number of imidazole rings is 1. The van der Waals surface area contributed by atoms with Crippen LogP contribution in [0.5, 0.6) is 0 Å². The summed E-state index contributed by atoms with van der Waals surface area (Å²) >= 11 is 0. The van der Waals surface area contributed by atoms with Crippen molar-refractivity contribution in [3.63, 3.8) is 0 Å². The molecular weight excluding hydrogens is 316 g/mol. The number of carbonyl (C=O) groups excluding carboxylic acids is 1. The van der Waals surface area contributed by atoms with E-state index in [2.05, 4.69) is 9.97 Å². The lowest BCUT2D eigenvalue weighted by Crippen LogP contribution is -2.34. The number of hydrogen-bond donors (Lipinski definition) is 1. The lowest BCUT2D eigenvalue weighted by atomic mass is 10.1. The summed E-state index contributed by atoms with van der Waals surface area (Å²) in [4.78, 5) is 22.7. The second-order valence-electron chi connectivity index (χ2n) is 5.58. The molecule has 0 saturated carbocycles. The first-order valence-corrected chi connectivity index (χ1v) is 8.15. The average Bonchev–Trinajstić information content (AvgIpc) is 3.11. The monoisotopic (exact) mass is 336 g/mol. The number of aliphatic hydroxyl groups is 1. The van der Waals surface area contributed by atoms with Crippen molar-refractivity contribution < 1.29 is 9.90 Å². The van der Waals surface area contributed by atoms with Gasteiger partial charge in [0.2, 0.25) is 5.91 Å². The van der Waals surface area contributed by atoms with E-state index in [1.165, 1.54) is 0 Å². The Balaban J connectivity index is 1.80. The molecule has 0 bridgehead atoms. The van der Waals surface area contributed by atoms with Crippen molar-refractivity contribution in [1.29, 1.82) is 0 Å². The fourth-order valence-electron chi connectivity index (χ4n) is 2.73. The maximum absolute atomic E-state index is 12.7. The van der Waals surface area contributed by atoms with Crippen LogP contribution in [-0.2, 0) is 11.3 Å². The normalized spacial score (nSPS) is 11.9. The number of aliphatic hydroxyl groups excluding tert-OH is 1. The Morgan fingerprint density at radius 3 is 2.68 bits per heavy atom. The third-order valence-corrected chi connectivity index (χ3v) is 3.98. The largest absolute Gasteiger partial charge is 0.380 e. The molecule has 1 atom stereocenters. The summed E-state index contributed by atoms with van der Waals surface area (Å²) in [6.45, 7) is 2.61. The fourth-order valence-corrected chi connectivity index (χ4v) is 2.73. The van der Waals surface area contributed by atoms with Gasteiger partial charge >= 0.3 is 0 Å². The van der Waals surface area contributed by atoms with Crippen LogP contribution >= 0.6 is 0 Å². The van der Waals surface area contributed by atoms with E-state index in [9.17, 15) is 9.90 Å². The first-order valence-electron chi connectivity index (χ1n) is 8.15. The van der Waals surface area contributed by atoms with Crippen LogP contribution in [0.1, 0.15) is 24.4 Å². The van der Waals surface area contributed by atoms with Crippen molar-refractivity contribution >= 4 is 11.6 Å². The molecule has 1 amide bonds. The molecule has 0 spiro atoms. The molecule has 6 heteroatoms. The van der Waals surface area contributed by atoms with Crippen LogP contribution in [0.4, 0.5) is 5.69 Å². The number of anilines is 1. The zero-order valence-corrected chi connectivity index (χ0v) is 14.0. The number of nitrogens with zero attached hydrogens (tertiary/aromatic N) is 4. The number of pyridine rings is 1. The van der Waals surface area contributed by atoms with E-state index in [0.29, 0.717) is 17.9 Å². The van der Waals surface area contributed by atoms with E-state index in [1.807, 2.05) is 37.3 Å². The van der Waals surface area contributed by atoms with Crippen molar-refractivity contribution in [2.45, 2.75) is 19.6 Å². The molecule has 0 aliphatic heterocycles. The van der Waals surface area contributed by atoms with Crippen LogP contribution < -0.4 is 4.90 Å². The number of para-hydroxylation sites is 1. The molecule has 25 heavy (non-hydrogen) atoms. The first kappa shape index (κ1) is 16.9. The second-order valence-corrected chi connectivity index (χ2v) is 5.58. The highest BCUT2D eigenvalue weighted by Gasteiger charge is 2.20. The van der Waals surface area contributed by atoms with Gasteiger partial charge < -0.3 is 14.6 Å². The quantitative estimate of drug-likeness (QED) is 0.750. The summed E-state index contributed by atoms with van der Waals surface area (Å²) in [7, 11) is 0. The van der Waals surface area contributed by atoms with Crippen LogP contribution in [0.15, 0.2) is 67.3 Å². The van der Waals surface area contributed by atoms with Crippen LogP contribution in [0.2, 0.25) is 0 Å². The molecule has 0 saturated heterocycles. The van der Waals surface area contributed by atoms with Crippen LogP contribution in [0, 0.1) is 0 Å². The van der Waals surface area contributed by atoms with Gasteiger partial charge in [-0.15, -0.1) is 0 Å². The molecule has 2 heterocycles. The summed E-state index contributed by atoms with van der Waals surface area (Å²) in [6.07, 6.45) is 5.59. The maximum Gasteiger partial charge on any atom is 0.246 e. The summed E-state index contributed by atoms with van der Waals surface area (Å²) < 4.78 is 1.67. The molecule has 1 aromatic carbocycles. The molecule has 0 radical (unpaired) electrons. The predicted octanol–water partition coefficient (Wildman–Crippen LogP) is 2.41. The van der Waals surface area contributed by atoms with Gasteiger partial charge in [-0.2, -0.15) is 0 Å². The van der Waals surface area contributed by atoms with Gasteiger partial charge in [0.05, 0.1) is 0 Å². The molecule has 3 aromatic rings. The highest BCUT2D eigenvalue weighted by molar-refractivity contribution is 5.93. The Hall–Kier alpha value is -2.99. The zero-order valence-electron chi connectivity index (χ0n) is 14.0. The highest BCUT2D eigenvalue weighted by Crippen LogP contribution is 2.20. The molecule has 0 aliphatic rings. The first-order chi connectivity index (χ1) is 12.2. The van der Waals surface area contributed by atoms with Crippen LogP contribution in [-0.4, -0.2) is 32.1 Å². The van der Waals surface area contributed by atoms with Gasteiger partial charge in [0.1, 0.15) is 18.5 Å². The molecule has 1 N–H and O–H groups in total. The van der Waals surface area contributed by atoms with E-state index in [0.717, 1.165) is 5.69 Å². The minimum absolute atomic E-state index is 0.0636. The van der Waals surface area contributed by atoms with Gasteiger partial charge in [-0.3, -0.25) is 9.78 Å². The Morgan fingerprint density at radius 2 is 2.00 bits per heavy atom. The zero-order chi connectivity index (χ0) is 17.6. The van der Waals surface area contributed by atoms with E-state index >= 15 is 0 Å². The van der Waals surface area contributed by atoms with E-state index in [1.54, 1.807) is 46.4 Å². The Labute approximate surface area is 146 Å². The van der Waals surface area contributed by atoms with Crippen LogP contribution in [0.25, 0.3) is 0 Å². The lowest BCUT2D eigenvalue weighted by Gasteiger charge is -2.22. The van der Waals surface area contributed by atoms with Crippen molar-refractivity contribution in [3.05, 3.63) is 78.6 Å². The molecular formula is C19H20N4O2. The Kier molecular flexibility index (Phi) is 5.20. The van der Waals surface area contributed by atoms with Gasteiger partial charge in [-0.1, -0.05) is 24.3 Å². The molecule has 3 rings (SSSR count). The number of hydrogen-bond acceptors (Lipinski definition) is 4. The topological polar surface area (TPSA) is 71.2 Å². The van der Waals surface area contributed by atoms with Gasteiger partial charge in [0.15, 0.2) is 0 Å². The SMILES string of the molecule is CCN(C(=O)Cn1ccnc1[C@@H](O)c1cccnc1)c1ccccc1. The van der Waals surface area contributed by atoms with Crippen LogP contribution in [0.3, 0.4) is 0 Å². The summed E-state index contributed by atoms with van der Waals surface area (Å²) in [5.41, 5.74) is 1.49. The second kappa shape index (κ2) is 7.72. The number of rotatable bonds is 6. The van der Waals surface area contributed by atoms with Crippen molar-refractivity contribution in [2.24, 2.45) is 0 Å². The van der Waals surface area contributed by atoms with Gasteiger partial charge in [0.25, 0.3) is 0 Å². The number of aromatic nitrogens is 3. The highest BCUT2D eigenvalue weighted by atomic mass is 16.3. The molecule has 6 nitrogen and oxygen atoms in total. The predicted molar refractivity (Wildman–Crippen MR) is 95.0 cm³/mol.